The zero-order chi connectivity index (χ0) is 6.57. The zero-order valence-electron chi connectivity index (χ0n) is 5.33. The number of carboxylic acids is 1. The monoisotopic (exact) mass is 154 g/mol. The fourth-order valence-corrected chi connectivity index (χ4v) is 0.254. The Morgan fingerprint density at radius 1 is 1.89 bits per heavy atom. The van der Waals surface area contributed by atoms with Gasteiger partial charge in [-0.05, 0) is 6.42 Å². The van der Waals surface area contributed by atoms with Gasteiger partial charge >= 0.3 is 51.4 Å². The number of aliphatic carboxylic acids is 1. The summed E-state index contributed by atoms with van der Waals surface area (Å²) in [6.45, 7) is 3.23. The first-order chi connectivity index (χ1) is 3.68. The third-order valence-electron chi connectivity index (χ3n) is 0.662. The number of carbonyl (C=O) groups is 1. The molecule has 0 aromatic heterocycles. The Kier molecular flexibility index (Phi) is 9.60. The SMILES string of the molecule is C=CCC(O)C(=O)[O-].[K+]. The molecule has 0 spiro atoms. The second kappa shape index (κ2) is 6.92. The molecular weight excluding hydrogens is 147 g/mol. The van der Waals surface area contributed by atoms with E-state index in [0.717, 1.165) is 0 Å². The zero-order valence-corrected chi connectivity index (χ0v) is 8.46. The predicted octanol–water partition coefficient (Wildman–Crippen LogP) is -4.32. The van der Waals surface area contributed by atoms with Gasteiger partial charge < -0.3 is 15.0 Å². The molecule has 0 heterocycles. The summed E-state index contributed by atoms with van der Waals surface area (Å²) in [4.78, 5) is 9.68. The number of aliphatic hydroxyl groups is 1. The number of rotatable bonds is 3. The van der Waals surface area contributed by atoms with E-state index in [0.29, 0.717) is 0 Å². The van der Waals surface area contributed by atoms with E-state index in [2.05, 4.69) is 6.58 Å². The molecule has 0 aliphatic heterocycles. The molecule has 9 heavy (non-hydrogen) atoms. The van der Waals surface area contributed by atoms with Gasteiger partial charge in [0.15, 0.2) is 0 Å². The topological polar surface area (TPSA) is 60.4 Å². The van der Waals surface area contributed by atoms with Crippen LogP contribution in [-0.2, 0) is 4.79 Å². The van der Waals surface area contributed by atoms with Crippen LogP contribution in [0.5, 0.6) is 0 Å². The van der Waals surface area contributed by atoms with Crippen molar-refractivity contribution in [3.05, 3.63) is 12.7 Å². The molecule has 3 nitrogen and oxygen atoms in total. The van der Waals surface area contributed by atoms with E-state index in [1.807, 2.05) is 0 Å². The molecule has 0 bridgehead atoms. The quantitative estimate of drug-likeness (QED) is 0.330. The normalized spacial score (nSPS) is 11.2. The average Bonchev–Trinajstić information content (AvgIpc) is 1.67. The van der Waals surface area contributed by atoms with Gasteiger partial charge in [-0.2, -0.15) is 0 Å². The third-order valence-corrected chi connectivity index (χ3v) is 0.662. The summed E-state index contributed by atoms with van der Waals surface area (Å²) >= 11 is 0. The van der Waals surface area contributed by atoms with Crippen molar-refractivity contribution in [2.75, 3.05) is 0 Å². The molecule has 0 aromatic carbocycles. The Morgan fingerprint density at radius 3 is 2.44 bits per heavy atom. The molecule has 0 saturated carbocycles. The molecule has 1 unspecified atom stereocenters. The second-order valence-electron chi connectivity index (χ2n) is 1.36. The minimum Gasteiger partial charge on any atom is -0.547 e. The van der Waals surface area contributed by atoms with Gasteiger partial charge in [0.05, 0.1) is 12.1 Å². The number of carboxylic acid groups (broad SMARTS) is 1. The predicted molar refractivity (Wildman–Crippen MR) is 25.8 cm³/mol. The maximum absolute atomic E-state index is 9.68. The first-order valence-electron chi connectivity index (χ1n) is 2.18. The molecule has 0 amide bonds. The van der Waals surface area contributed by atoms with Crippen molar-refractivity contribution in [2.24, 2.45) is 0 Å². The summed E-state index contributed by atoms with van der Waals surface area (Å²) in [5, 5.41) is 18.1. The first-order valence-corrected chi connectivity index (χ1v) is 2.18. The van der Waals surface area contributed by atoms with E-state index in [1.54, 1.807) is 0 Å². The minimum atomic E-state index is -1.45. The smallest absolute Gasteiger partial charge is 0.547 e. The number of carbonyl (C=O) groups excluding carboxylic acids is 1. The fourth-order valence-electron chi connectivity index (χ4n) is 0.254. The van der Waals surface area contributed by atoms with Gasteiger partial charge in [-0.1, -0.05) is 6.08 Å². The largest absolute Gasteiger partial charge is 1.00 e. The van der Waals surface area contributed by atoms with Crippen molar-refractivity contribution in [3.63, 3.8) is 0 Å². The van der Waals surface area contributed by atoms with Crippen LogP contribution in [0.4, 0.5) is 0 Å². The van der Waals surface area contributed by atoms with Gasteiger partial charge in [-0.25, -0.2) is 0 Å². The molecule has 1 N–H and O–H groups in total. The molecule has 0 fully saturated rings. The van der Waals surface area contributed by atoms with Crippen molar-refractivity contribution in [3.8, 4) is 0 Å². The van der Waals surface area contributed by atoms with Gasteiger partial charge in [-0.15, -0.1) is 6.58 Å². The van der Waals surface area contributed by atoms with E-state index in [-0.39, 0.29) is 57.8 Å². The molecule has 0 rings (SSSR count). The van der Waals surface area contributed by atoms with Crippen LogP contribution in [0.15, 0.2) is 12.7 Å². The summed E-state index contributed by atoms with van der Waals surface area (Å²) in [6.07, 6.45) is -0.0319. The Hall–Kier alpha value is 0.806. The summed E-state index contributed by atoms with van der Waals surface area (Å²) in [5.41, 5.74) is 0. The average molecular weight is 154 g/mol. The van der Waals surface area contributed by atoms with E-state index in [4.69, 9.17) is 5.11 Å². The Morgan fingerprint density at radius 2 is 2.33 bits per heavy atom. The maximum atomic E-state index is 9.68. The van der Waals surface area contributed by atoms with Gasteiger partial charge in [-0.3, -0.25) is 0 Å². The van der Waals surface area contributed by atoms with Crippen molar-refractivity contribution in [1.82, 2.24) is 0 Å². The Balaban J connectivity index is 0. The van der Waals surface area contributed by atoms with Gasteiger partial charge in [0.1, 0.15) is 0 Å². The van der Waals surface area contributed by atoms with Crippen LogP contribution in [0.2, 0.25) is 0 Å². The van der Waals surface area contributed by atoms with E-state index in [9.17, 15) is 9.90 Å². The molecule has 1 atom stereocenters. The molecule has 0 aliphatic rings. The summed E-state index contributed by atoms with van der Waals surface area (Å²) in [6, 6.07) is 0. The van der Waals surface area contributed by atoms with Crippen LogP contribution in [-0.4, -0.2) is 17.2 Å². The molecule has 46 valence electrons. The van der Waals surface area contributed by atoms with Crippen LogP contribution < -0.4 is 56.5 Å². The maximum Gasteiger partial charge on any atom is 1.00 e. The molecule has 0 saturated heterocycles. The Bertz CT molecular complexity index is 102. The number of hydrogen-bond donors (Lipinski definition) is 1. The van der Waals surface area contributed by atoms with Crippen LogP contribution in [0.3, 0.4) is 0 Å². The molecule has 0 aromatic rings. The summed E-state index contributed by atoms with van der Waals surface area (Å²) < 4.78 is 0. The van der Waals surface area contributed by atoms with Crippen molar-refractivity contribution >= 4 is 5.97 Å². The number of aliphatic hydroxyl groups excluding tert-OH is 1. The van der Waals surface area contributed by atoms with Crippen LogP contribution >= 0.6 is 0 Å². The van der Waals surface area contributed by atoms with Gasteiger partial charge in [0.2, 0.25) is 0 Å². The van der Waals surface area contributed by atoms with Crippen molar-refractivity contribution in [2.45, 2.75) is 12.5 Å². The van der Waals surface area contributed by atoms with E-state index >= 15 is 0 Å². The van der Waals surface area contributed by atoms with Crippen molar-refractivity contribution in [1.29, 1.82) is 0 Å². The molecular formula is C5H7KO3. The van der Waals surface area contributed by atoms with E-state index < -0.39 is 12.1 Å². The van der Waals surface area contributed by atoms with Crippen LogP contribution in [0.1, 0.15) is 6.42 Å². The second-order valence-corrected chi connectivity index (χ2v) is 1.36. The standard InChI is InChI=1S/C5H8O3.K/c1-2-3-4(6)5(7)8;/h2,4,6H,1,3H2,(H,7,8);/q;+1/p-1. The molecule has 4 heteroatoms. The summed E-state index contributed by atoms with van der Waals surface area (Å²) in [5.74, 6) is -1.45. The minimum absolute atomic E-state index is 0. The van der Waals surface area contributed by atoms with Crippen molar-refractivity contribution < 1.29 is 66.4 Å². The molecule has 0 radical (unpaired) electrons. The third kappa shape index (κ3) is 6.69. The van der Waals surface area contributed by atoms with Crippen LogP contribution in [0.25, 0.3) is 0 Å². The first kappa shape index (κ1) is 12.5. The fraction of sp³-hybridized carbons (Fsp3) is 0.400. The number of hydrogen-bond acceptors (Lipinski definition) is 3. The van der Waals surface area contributed by atoms with Gasteiger partial charge in [0.25, 0.3) is 0 Å². The molecule has 0 aliphatic carbocycles. The van der Waals surface area contributed by atoms with Crippen LogP contribution in [0, 0.1) is 0 Å². The summed E-state index contributed by atoms with van der Waals surface area (Å²) in [7, 11) is 0. The Labute approximate surface area is 96.2 Å². The van der Waals surface area contributed by atoms with E-state index in [1.165, 1.54) is 6.08 Å². The van der Waals surface area contributed by atoms with Gasteiger partial charge in [0, 0.05) is 0 Å².